The molecule has 1 N–H and O–H groups in total. The number of fused-ring (bicyclic) bond motifs is 1. The molecule has 3 aromatic heterocycles. The monoisotopic (exact) mass is 503 g/mol. The Hall–Kier alpha value is -3.54. The van der Waals surface area contributed by atoms with Gasteiger partial charge in [0.05, 0.1) is 23.9 Å². The van der Waals surface area contributed by atoms with Crippen molar-refractivity contribution in [2.75, 3.05) is 25.0 Å². The van der Waals surface area contributed by atoms with E-state index in [0.717, 1.165) is 16.8 Å². The van der Waals surface area contributed by atoms with Gasteiger partial charge >= 0.3 is 6.18 Å². The maximum atomic E-state index is 12.8. The van der Waals surface area contributed by atoms with E-state index in [1.54, 1.807) is 22.8 Å². The first-order valence-corrected chi connectivity index (χ1v) is 11.7. The number of hydrogen-bond acceptors (Lipinski definition) is 6. The first kappa shape index (κ1) is 25.5. The number of carbonyl (C=O) groups excluding carboxylic acids is 2. The zero-order valence-corrected chi connectivity index (χ0v) is 20.3. The molecule has 1 aliphatic rings. The molecule has 1 atom stereocenters. The third-order valence-corrected chi connectivity index (χ3v) is 6.41. The maximum absolute atomic E-state index is 12.8. The van der Waals surface area contributed by atoms with Gasteiger partial charge in [-0.1, -0.05) is 0 Å². The van der Waals surface area contributed by atoms with Crippen LogP contribution in [0.4, 0.5) is 18.9 Å². The van der Waals surface area contributed by atoms with Crippen LogP contribution in [0.3, 0.4) is 0 Å². The van der Waals surface area contributed by atoms with Crippen LogP contribution in [-0.2, 0) is 11.3 Å². The quantitative estimate of drug-likeness (QED) is 0.554. The molecule has 0 radical (unpaired) electrons. The Bertz CT molecular complexity index is 1260. The molecule has 0 aromatic carbocycles. The van der Waals surface area contributed by atoms with E-state index in [4.69, 9.17) is 0 Å². The third-order valence-electron chi connectivity index (χ3n) is 6.41. The summed E-state index contributed by atoms with van der Waals surface area (Å²) < 4.78 is 39.2. The molecule has 36 heavy (non-hydrogen) atoms. The zero-order chi connectivity index (χ0) is 26.0. The number of anilines is 1. The summed E-state index contributed by atoms with van der Waals surface area (Å²) in [7, 11) is 0. The summed E-state index contributed by atoms with van der Waals surface area (Å²) in [4.78, 5) is 37.3. The van der Waals surface area contributed by atoms with E-state index in [9.17, 15) is 22.8 Å². The topological polar surface area (TPSA) is 95.7 Å². The van der Waals surface area contributed by atoms with E-state index < -0.39 is 24.9 Å². The van der Waals surface area contributed by atoms with Crippen molar-refractivity contribution in [1.29, 1.82) is 0 Å². The molecule has 0 spiro atoms. The van der Waals surface area contributed by atoms with Crippen LogP contribution < -0.4 is 5.32 Å². The number of aryl methyl sites for hydroxylation is 1. The normalized spacial score (nSPS) is 16.9. The van der Waals surface area contributed by atoms with Crippen LogP contribution in [0.15, 0.2) is 30.9 Å². The Morgan fingerprint density at radius 3 is 2.61 bits per heavy atom. The zero-order valence-electron chi connectivity index (χ0n) is 20.3. The van der Waals surface area contributed by atoms with E-state index in [1.807, 2.05) is 20.8 Å². The van der Waals surface area contributed by atoms with Crippen molar-refractivity contribution in [3.63, 3.8) is 0 Å². The molecule has 4 rings (SSSR count). The second-order valence-electron chi connectivity index (χ2n) is 9.10. The van der Waals surface area contributed by atoms with Crippen LogP contribution in [0.25, 0.3) is 5.65 Å². The molecule has 1 aliphatic heterocycles. The first-order chi connectivity index (χ1) is 17.0. The number of alkyl halides is 3. The van der Waals surface area contributed by atoms with Gasteiger partial charge in [-0.2, -0.15) is 18.3 Å². The number of aromatic nitrogens is 4. The van der Waals surface area contributed by atoms with Gasteiger partial charge in [-0.05, 0) is 38.5 Å². The summed E-state index contributed by atoms with van der Waals surface area (Å²) in [6.45, 7) is 7.42. The lowest BCUT2D eigenvalue weighted by atomic mass is 10.1. The van der Waals surface area contributed by atoms with Crippen molar-refractivity contribution >= 4 is 23.1 Å². The minimum Gasteiger partial charge on any atom is -0.337 e. The molecule has 0 unspecified atom stereocenters. The van der Waals surface area contributed by atoms with E-state index in [-0.39, 0.29) is 11.9 Å². The Morgan fingerprint density at radius 1 is 1.17 bits per heavy atom. The van der Waals surface area contributed by atoms with Crippen LogP contribution in [-0.4, -0.2) is 73.0 Å². The first-order valence-electron chi connectivity index (χ1n) is 11.7. The number of hydrogen-bond donors (Lipinski definition) is 1. The number of nitrogens with zero attached hydrogens (tertiary/aromatic N) is 6. The van der Waals surface area contributed by atoms with Crippen molar-refractivity contribution in [3.05, 3.63) is 53.2 Å². The summed E-state index contributed by atoms with van der Waals surface area (Å²) in [6, 6.07) is 3.24. The third kappa shape index (κ3) is 5.81. The molecular weight excluding hydrogens is 475 g/mol. The number of nitrogens with one attached hydrogen (secondary N) is 1. The Balaban J connectivity index is 1.49. The fraction of sp³-hybridized carbons (Fsp3) is 0.458. The molecule has 9 nitrogen and oxygen atoms in total. The number of halogens is 3. The van der Waals surface area contributed by atoms with Gasteiger partial charge in [-0.25, -0.2) is 9.50 Å². The van der Waals surface area contributed by atoms with Crippen molar-refractivity contribution < 1.29 is 22.8 Å². The minimum absolute atomic E-state index is 0.231. The Labute approximate surface area is 206 Å². The van der Waals surface area contributed by atoms with Gasteiger partial charge in [0.1, 0.15) is 6.33 Å². The SMILES string of the molecule is Cc1ccc(C(=O)Nc2cn3ncnc3c(CN3CCN(C(=O)CCC(F)(F)F)[C@@H](C)C3)c2C)cn1. The van der Waals surface area contributed by atoms with Crippen molar-refractivity contribution in [2.45, 2.75) is 52.4 Å². The van der Waals surface area contributed by atoms with E-state index in [2.05, 4.69) is 25.3 Å². The van der Waals surface area contributed by atoms with Gasteiger partial charge in [0.25, 0.3) is 5.91 Å². The van der Waals surface area contributed by atoms with Crippen LogP contribution >= 0.6 is 0 Å². The molecule has 1 saturated heterocycles. The maximum Gasteiger partial charge on any atom is 0.389 e. The Morgan fingerprint density at radius 2 is 1.94 bits per heavy atom. The van der Waals surface area contributed by atoms with Crippen LogP contribution in [0.2, 0.25) is 0 Å². The highest BCUT2D eigenvalue weighted by atomic mass is 19.4. The van der Waals surface area contributed by atoms with Crippen LogP contribution in [0.1, 0.15) is 46.9 Å². The molecule has 3 aromatic rings. The highest BCUT2D eigenvalue weighted by Crippen LogP contribution is 2.26. The van der Waals surface area contributed by atoms with Crippen molar-refractivity contribution in [3.8, 4) is 0 Å². The number of piperazine rings is 1. The molecule has 12 heteroatoms. The van der Waals surface area contributed by atoms with E-state index in [1.165, 1.54) is 17.4 Å². The van der Waals surface area contributed by atoms with Crippen LogP contribution in [0, 0.1) is 13.8 Å². The molecular formula is C24H28F3N7O2. The number of pyridine rings is 2. The average molecular weight is 504 g/mol. The minimum atomic E-state index is -4.35. The molecule has 1 fully saturated rings. The Kier molecular flexibility index (Phi) is 7.25. The summed E-state index contributed by atoms with van der Waals surface area (Å²) in [6.07, 6.45) is -1.33. The standard InChI is InChI=1S/C24H28F3N7O2/c1-15-4-5-18(10-28-15)23(36)31-20-13-34-22(29-14-30-34)19(17(20)3)12-32-8-9-33(16(2)11-32)21(35)6-7-24(25,26)27/h4-5,10,13-14,16H,6-9,11-12H2,1-3H3,(H,31,36)/t16-/m0/s1. The van der Waals surface area contributed by atoms with Crippen LogP contribution in [0.5, 0.6) is 0 Å². The van der Waals surface area contributed by atoms with Gasteiger partial charge in [-0.15, -0.1) is 0 Å². The van der Waals surface area contributed by atoms with Gasteiger partial charge in [0.2, 0.25) is 5.91 Å². The smallest absolute Gasteiger partial charge is 0.337 e. The summed E-state index contributed by atoms with van der Waals surface area (Å²) in [5.41, 5.74) is 4.18. The number of rotatable bonds is 6. The second kappa shape index (κ2) is 10.2. The molecule has 2 amide bonds. The predicted molar refractivity (Wildman–Crippen MR) is 126 cm³/mol. The fourth-order valence-electron chi connectivity index (χ4n) is 4.39. The van der Waals surface area contributed by atoms with Gasteiger partial charge in [0.15, 0.2) is 5.65 Å². The lowest BCUT2D eigenvalue weighted by Crippen LogP contribution is -2.53. The van der Waals surface area contributed by atoms with Gasteiger partial charge in [-0.3, -0.25) is 19.5 Å². The summed E-state index contributed by atoms with van der Waals surface area (Å²) in [5, 5.41) is 7.17. The van der Waals surface area contributed by atoms with Gasteiger partial charge < -0.3 is 10.2 Å². The predicted octanol–water partition coefficient (Wildman–Crippen LogP) is 3.37. The molecule has 0 bridgehead atoms. The lowest BCUT2D eigenvalue weighted by molar-refractivity contribution is -0.151. The highest BCUT2D eigenvalue weighted by Gasteiger charge is 2.32. The largest absolute Gasteiger partial charge is 0.389 e. The van der Waals surface area contributed by atoms with E-state index >= 15 is 0 Å². The van der Waals surface area contributed by atoms with E-state index in [0.29, 0.717) is 43.1 Å². The van der Waals surface area contributed by atoms with Crippen molar-refractivity contribution in [2.24, 2.45) is 0 Å². The molecule has 192 valence electrons. The fourth-order valence-corrected chi connectivity index (χ4v) is 4.39. The molecule has 0 aliphatic carbocycles. The lowest BCUT2D eigenvalue weighted by Gasteiger charge is -2.40. The number of carbonyl (C=O) groups is 2. The average Bonchev–Trinajstić information content (AvgIpc) is 3.28. The van der Waals surface area contributed by atoms with Crippen molar-refractivity contribution in [1.82, 2.24) is 29.4 Å². The molecule has 0 saturated carbocycles. The molecule has 4 heterocycles. The van der Waals surface area contributed by atoms with Gasteiger partial charge in [0, 0.05) is 56.1 Å². The second-order valence-corrected chi connectivity index (χ2v) is 9.10. The highest BCUT2D eigenvalue weighted by molar-refractivity contribution is 6.04. The number of amides is 2. The summed E-state index contributed by atoms with van der Waals surface area (Å²) in [5.74, 6) is -0.776. The summed E-state index contributed by atoms with van der Waals surface area (Å²) >= 11 is 0.